The van der Waals surface area contributed by atoms with Crippen LogP contribution in [0.2, 0.25) is 0 Å². The van der Waals surface area contributed by atoms with Gasteiger partial charge in [-0.05, 0) is 68.7 Å². The maximum Gasteiger partial charge on any atom is 0.264 e. The third kappa shape index (κ3) is 4.80. The molecule has 0 saturated carbocycles. The first-order valence-electron chi connectivity index (χ1n) is 10.1. The van der Waals surface area contributed by atoms with Crippen LogP contribution in [0.4, 0.5) is 5.69 Å². The van der Waals surface area contributed by atoms with E-state index in [0.29, 0.717) is 11.3 Å². The summed E-state index contributed by atoms with van der Waals surface area (Å²) in [5.74, 6) is -0.250. The molecule has 162 valence electrons. The highest BCUT2D eigenvalue weighted by Gasteiger charge is 2.23. The van der Waals surface area contributed by atoms with E-state index in [4.69, 9.17) is 0 Å². The molecule has 0 aliphatic rings. The predicted molar refractivity (Wildman–Crippen MR) is 125 cm³/mol. The van der Waals surface area contributed by atoms with Crippen molar-refractivity contribution < 1.29 is 13.2 Å². The van der Waals surface area contributed by atoms with Gasteiger partial charge in [0, 0.05) is 12.6 Å². The molecule has 0 bridgehead atoms. The van der Waals surface area contributed by atoms with E-state index in [1.165, 1.54) is 11.4 Å². The van der Waals surface area contributed by atoms with Crippen LogP contribution in [0.15, 0.2) is 71.6 Å². The SMILES string of the molecule is Cc1ccc(C)c(C(C)NC(=O)c2ccc(C)c(N(C)S(=O)(=O)c3ccccc3)c2)c1. The van der Waals surface area contributed by atoms with Crippen molar-refractivity contribution in [1.82, 2.24) is 5.32 Å². The number of carbonyl (C=O) groups excluding carboxylic acids is 1. The Morgan fingerprint density at radius 1 is 0.903 bits per heavy atom. The Morgan fingerprint density at radius 3 is 2.23 bits per heavy atom. The van der Waals surface area contributed by atoms with Crippen LogP contribution in [0, 0.1) is 20.8 Å². The lowest BCUT2D eigenvalue weighted by Crippen LogP contribution is -2.29. The number of nitrogens with zero attached hydrogens (tertiary/aromatic N) is 1. The molecule has 0 aliphatic heterocycles. The van der Waals surface area contributed by atoms with Crippen molar-refractivity contribution in [3.05, 3.63) is 94.5 Å². The number of nitrogens with one attached hydrogen (secondary N) is 1. The second-order valence-electron chi connectivity index (χ2n) is 7.84. The van der Waals surface area contributed by atoms with Gasteiger partial charge in [0.1, 0.15) is 0 Å². The molecule has 1 atom stereocenters. The molecule has 1 amide bonds. The normalized spacial score (nSPS) is 12.3. The van der Waals surface area contributed by atoms with Gasteiger partial charge in [-0.25, -0.2) is 8.42 Å². The quantitative estimate of drug-likeness (QED) is 0.596. The Morgan fingerprint density at radius 2 is 1.55 bits per heavy atom. The van der Waals surface area contributed by atoms with Gasteiger partial charge >= 0.3 is 0 Å². The Hall–Kier alpha value is -3.12. The van der Waals surface area contributed by atoms with Gasteiger partial charge in [0.2, 0.25) is 0 Å². The van der Waals surface area contributed by atoms with Crippen molar-refractivity contribution in [2.24, 2.45) is 0 Å². The lowest BCUT2D eigenvalue weighted by Gasteiger charge is -2.23. The molecule has 0 fully saturated rings. The largest absolute Gasteiger partial charge is 0.346 e. The molecule has 5 nitrogen and oxygen atoms in total. The van der Waals surface area contributed by atoms with Crippen LogP contribution in [0.25, 0.3) is 0 Å². The molecule has 0 heterocycles. The van der Waals surface area contributed by atoms with Crippen LogP contribution in [0.3, 0.4) is 0 Å². The van der Waals surface area contributed by atoms with Crippen molar-refractivity contribution >= 4 is 21.6 Å². The summed E-state index contributed by atoms with van der Waals surface area (Å²) < 4.78 is 27.3. The van der Waals surface area contributed by atoms with Crippen molar-refractivity contribution in [3.63, 3.8) is 0 Å². The summed E-state index contributed by atoms with van der Waals surface area (Å²) in [7, 11) is -2.23. The van der Waals surface area contributed by atoms with E-state index in [9.17, 15) is 13.2 Å². The third-order valence-corrected chi connectivity index (χ3v) is 7.25. The summed E-state index contributed by atoms with van der Waals surface area (Å²) in [6, 6.07) is 19.3. The molecule has 0 aliphatic carbocycles. The van der Waals surface area contributed by atoms with Gasteiger partial charge in [0.05, 0.1) is 16.6 Å². The molecule has 31 heavy (non-hydrogen) atoms. The number of carbonyl (C=O) groups is 1. The average molecular weight is 437 g/mol. The number of benzene rings is 3. The van der Waals surface area contributed by atoms with E-state index in [1.807, 2.05) is 39.8 Å². The predicted octanol–water partition coefficient (Wildman–Crippen LogP) is 4.93. The highest BCUT2D eigenvalue weighted by Crippen LogP contribution is 2.27. The molecule has 3 rings (SSSR count). The summed E-state index contributed by atoms with van der Waals surface area (Å²) in [5, 5.41) is 3.03. The number of sulfonamides is 1. The molecule has 3 aromatic carbocycles. The molecule has 1 unspecified atom stereocenters. The summed E-state index contributed by atoms with van der Waals surface area (Å²) in [4.78, 5) is 13.2. The first kappa shape index (κ1) is 22.6. The Balaban J connectivity index is 1.88. The number of amides is 1. The molecule has 1 N–H and O–H groups in total. The highest BCUT2D eigenvalue weighted by atomic mass is 32.2. The fourth-order valence-corrected chi connectivity index (χ4v) is 4.83. The van der Waals surface area contributed by atoms with Crippen LogP contribution < -0.4 is 9.62 Å². The molecule has 6 heteroatoms. The van der Waals surface area contributed by atoms with Gasteiger partial charge in [-0.1, -0.05) is 48.0 Å². The minimum Gasteiger partial charge on any atom is -0.346 e. The lowest BCUT2D eigenvalue weighted by atomic mass is 9.99. The molecule has 0 aromatic heterocycles. The van der Waals surface area contributed by atoms with E-state index in [1.54, 1.807) is 48.5 Å². The molecule has 0 radical (unpaired) electrons. The van der Waals surface area contributed by atoms with E-state index in [-0.39, 0.29) is 16.8 Å². The fraction of sp³-hybridized carbons (Fsp3) is 0.240. The van der Waals surface area contributed by atoms with Crippen molar-refractivity contribution in [2.75, 3.05) is 11.4 Å². The van der Waals surface area contributed by atoms with Crippen LogP contribution in [0.1, 0.15) is 45.6 Å². The monoisotopic (exact) mass is 436 g/mol. The van der Waals surface area contributed by atoms with Gasteiger partial charge in [-0.15, -0.1) is 0 Å². The van der Waals surface area contributed by atoms with E-state index < -0.39 is 10.0 Å². The summed E-state index contributed by atoms with van der Waals surface area (Å²) >= 11 is 0. The van der Waals surface area contributed by atoms with E-state index in [0.717, 1.165) is 22.3 Å². The van der Waals surface area contributed by atoms with Gasteiger partial charge in [0.25, 0.3) is 15.9 Å². The standard InChI is InChI=1S/C25H28N2O3S/c1-17-11-12-18(2)23(15-17)20(4)26-25(28)21-14-13-19(3)24(16-21)27(5)31(29,30)22-9-7-6-8-10-22/h6-16,20H,1-5H3,(H,26,28). The highest BCUT2D eigenvalue weighted by molar-refractivity contribution is 7.92. The summed E-state index contributed by atoms with van der Waals surface area (Å²) in [6.07, 6.45) is 0. The van der Waals surface area contributed by atoms with Crippen LogP contribution in [0.5, 0.6) is 0 Å². The van der Waals surface area contributed by atoms with Gasteiger partial charge in [0.15, 0.2) is 0 Å². The zero-order valence-corrected chi connectivity index (χ0v) is 19.3. The number of aryl methyl sites for hydroxylation is 3. The van der Waals surface area contributed by atoms with Gasteiger partial charge < -0.3 is 5.32 Å². The Labute approximate surface area is 184 Å². The van der Waals surface area contributed by atoms with Crippen LogP contribution >= 0.6 is 0 Å². The second-order valence-corrected chi connectivity index (χ2v) is 9.81. The zero-order chi connectivity index (χ0) is 22.8. The third-order valence-electron chi connectivity index (χ3n) is 5.46. The maximum atomic E-state index is 13.0. The zero-order valence-electron chi connectivity index (χ0n) is 18.5. The topological polar surface area (TPSA) is 66.5 Å². The van der Waals surface area contributed by atoms with Crippen LogP contribution in [-0.4, -0.2) is 21.4 Å². The minimum absolute atomic E-state index is 0.178. The minimum atomic E-state index is -3.73. The maximum absolute atomic E-state index is 13.0. The second kappa shape index (κ2) is 8.94. The summed E-state index contributed by atoms with van der Waals surface area (Å²) in [6.45, 7) is 7.81. The lowest BCUT2D eigenvalue weighted by molar-refractivity contribution is 0.0940. The average Bonchev–Trinajstić information content (AvgIpc) is 2.75. The Bertz CT molecular complexity index is 1200. The number of rotatable bonds is 6. The van der Waals surface area contributed by atoms with Crippen molar-refractivity contribution in [3.8, 4) is 0 Å². The Kier molecular flexibility index (Phi) is 6.51. The molecule has 3 aromatic rings. The van der Waals surface area contributed by atoms with E-state index in [2.05, 4.69) is 11.4 Å². The molecule has 0 spiro atoms. The first-order chi connectivity index (χ1) is 14.6. The number of hydrogen-bond donors (Lipinski definition) is 1. The molecular weight excluding hydrogens is 408 g/mol. The number of hydrogen-bond acceptors (Lipinski definition) is 3. The first-order valence-corrected chi connectivity index (χ1v) is 11.6. The van der Waals surface area contributed by atoms with Crippen molar-refractivity contribution in [2.45, 2.75) is 38.6 Å². The fourth-order valence-electron chi connectivity index (χ4n) is 3.55. The van der Waals surface area contributed by atoms with Crippen LogP contribution in [-0.2, 0) is 10.0 Å². The molecular formula is C25H28N2O3S. The summed E-state index contributed by atoms with van der Waals surface area (Å²) in [5.41, 5.74) is 4.94. The van der Waals surface area contributed by atoms with Crippen molar-refractivity contribution in [1.29, 1.82) is 0 Å². The smallest absolute Gasteiger partial charge is 0.264 e. The molecule has 0 saturated heterocycles. The van der Waals surface area contributed by atoms with Gasteiger partial charge in [-0.2, -0.15) is 0 Å². The van der Waals surface area contributed by atoms with Gasteiger partial charge in [-0.3, -0.25) is 9.10 Å². The number of anilines is 1. The van der Waals surface area contributed by atoms with E-state index >= 15 is 0 Å².